The molecule has 0 saturated heterocycles. The van der Waals surface area contributed by atoms with Crippen molar-refractivity contribution in [3.8, 4) is 0 Å². The quantitative estimate of drug-likeness (QED) is 0.888. The third kappa shape index (κ3) is 2.49. The van der Waals surface area contributed by atoms with Gasteiger partial charge in [-0.15, -0.1) is 0 Å². The van der Waals surface area contributed by atoms with E-state index in [1.54, 1.807) is 13.1 Å². The number of carbonyl (C=O) groups excluding carboxylic acids is 1. The monoisotopic (exact) mass is 266 g/mol. The van der Waals surface area contributed by atoms with Crippen LogP contribution in [0.2, 0.25) is 5.02 Å². The van der Waals surface area contributed by atoms with Gasteiger partial charge in [-0.05, 0) is 12.1 Å². The lowest BCUT2D eigenvalue weighted by molar-refractivity contribution is -0.120. The Balaban J connectivity index is 2.37. The van der Waals surface area contributed by atoms with Gasteiger partial charge in [-0.2, -0.15) is 0 Å². The summed E-state index contributed by atoms with van der Waals surface area (Å²) < 4.78 is 1.95. The Bertz CT molecular complexity index is 578. The van der Waals surface area contributed by atoms with E-state index >= 15 is 0 Å². The Kier molecular flexibility index (Phi) is 3.89. The number of benzene rings is 1. The van der Waals surface area contributed by atoms with Gasteiger partial charge in [0, 0.05) is 47.7 Å². The highest BCUT2D eigenvalue weighted by Gasteiger charge is 2.09. The van der Waals surface area contributed by atoms with Crippen molar-refractivity contribution in [2.75, 3.05) is 7.05 Å². The molecule has 5 heteroatoms. The number of hydrogen-bond acceptors (Lipinski definition) is 2. The summed E-state index contributed by atoms with van der Waals surface area (Å²) in [7, 11) is 1.62. The predicted octanol–water partition coefficient (Wildman–Crippen LogP) is 1.92. The predicted molar refractivity (Wildman–Crippen MR) is 71.6 cm³/mol. The number of halogens is 1. The van der Waals surface area contributed by atoms with E-state index in [0.717, 1.165) is 16.5 Å². The van der Waals surface area contributed by atoms with Crippen LogP contribution in [-0.2, 0) is 17.9 Å². The highest BCUT2D eigenvalue weighted by atomic mass is 35.5. The maximum Gasteiger partial charge on any atom is 0.221 e. The highest BCUT2D eigenvalue weighted by Crippen LogP contribution is 2.25. The topological polar surface area (TPSA) is 54.3 Å². The number of hydrogen-bond donors (Lipinski definition) is 2. The van der Waals surface area contributed by atoms with Gasteiger partial charge in [0.1, 0.15) is 0 Å². The molecule has 1 aromatic heterocycles. The third-order valence-corrected chi connectivity index (χ3v) is 3.19. The minimum Gasteiger partial charge on any atom is -0.392 e. The zero-order valence-electron chi connectivity index (χ0n) is 10.1. The van der Waals surface area contributed by atoms with Gasteiger partial charge in [0.05, 0.1) is 6.61 Å². The van der Waals surface area contributed by atoms with Crippen molar-refractivity contribution >= 4 is 28.4 Å². The van der Waals surface area contributed by atoms with Crippen LogP contribution in [0.25, 0.3) is 10.9 Å². The fourth-order valence-corrected chi connectivity index (χ4v) is 2.17. The first-order chi connectivity index (χ1) is 8.65. The molecule has 2 aromatic rings. The molecule has 2 rings (SSSR count). The number of nitrogens with zero attached hydrogens (tertiary/aromatic N) is 1. The van der Waals surface area contributed by atoms with Gasteiger partial charge < -0.3 is 15.0 Å². The largest absolute Gasteiger partial charge is 0.392 e. The number of aliphatic hydroxyl groups excluding tert-OH is 1. The van der Waals surface area contributed by atoms with Gasteiger partial charge in [-0.1, -0.05) is 17.7 Å². The molecule has 1 heterocycles. The molecule has 0 aliphatic rings. The van der Waals surface area contributed by atoms with Crippen LogP contribution in [0, 0.1) is 0 Å². The summed E-state index contributed by atoms with van der Waals surface area (Å²) in [5.74, 6) is -0.00979. The number of fused-ring (bicyclic) bond motifs is 1. The zero-order chi connectivity index (χ0) is 13.1. The molecule has 0 unspecified atom stereocenters. The molecule has 1 aromatic carbocycles. The molecule has 0 radical (unpaired) electrons. The Morgan fingerprint density at radius 3 is 2.94 bits per heavy atom. The second-order valence-corrected chi connectivity index (χ2v) is 4.53. The molecule has 0 spiro atoms. The number of nitrogens with one attached hydrogen (secondary N) is 1. The van der Waals surface area contributed by atoms with Crippen molar-refractivity contribution in [3.63, 3.8) is 0 Å². The first kappa shape index (κ1) is 12.9. The molecule has 0 fully saturated rings. The van der Waals surface area contributed by atoms with E-state index in [2.05, 4.69) is 5.32 Å². The normalized spacial score (nSPS) is 10.8. The molecule has 4 nitrogen and oxygen atoms in total. The molecule has 96 valence electrons. The Labute approximate surface area is 110 Å². The fourth-order valence-electron chi connectivity index (χ4n) is 2.00. The Morgan fingerprint density at radius 2 is 2.28 bits per heavy atom. The Morgan fingerprint density at radius 1 is 1.50 bits per heavy atom. The van der Waals surface area contributed by atoms with E-state index in [-0.39, 0.29) is 12.5 Å². The average Bonchev–Trinajstić information content (AvgIpc) is 2.73. The van der Waals surface area contributed by atoms with Crippen LogP contribution in [0.15, 0.2) is 24.4 Å². The van der Waals surface area contributed by atoms with Crippen molar-refractivity contribution in [3.05, 3.63) is 35.0 Å². The van der Waals surface area contributed by atoms with E-state index in [1.165, 1.54) is 0 Å². The molecule has 0 bridgehead atoms. The summed E-state index contributed by atoms with van der Waals surface area (Å²) in [6.07, 6.45) is 2.27. The number of rotatable bonds is 4. The van der Waals surface area contributed by atoms with Crippen molar-refractivity contribution in [1.82, 2.24) is 9.88 Å². The van der Waals surface area contributed by atoms with E-state index in [0.29, 0.717) is 18.0 Å². The number of aryl methyl sites for hydroxylation is 1. The van der Waals surface area contributed by atoms with Crippen LogP contribution in [0.4, 0.5) is 0 Å². The molecule has 0 aliphatic carbocycles. The number of aromatic nitrogens is 1. The molecule has 0 atom stereocenters. The first-order valence-corrected chi connectivity index (χ1v) is 6.12. The molecule has 2 N–H and O–H groups in total. The fraction of sp³-hybridized carbons (Fsp3) is 0.308. The first-order valence-electron chi connectivity index (χ1n) is 5.74. The van der Waals surface area contributed by atoms with Gasteiger partial charge in [0.15, 0.2) is 0 Å². The van der Waals surface area contributed by atoms with Crippen molar-refractivity contribution in [2.45, 2.75) is 19.6 Å². The van der Waals surface area contributed by atoms with Gasteiger partial charge in [0.25, 0.3) is 0 Å². The van der Waals surface area contributed by atoms with Crippen LogP contribution < -0.4 is 5.32 Å². The molecule has 1 amide bonds. The van der Waals surface area contributed by atoms with E-state index in [9.17, 15) is 9.90 Å². The van der Waals surface area contributed by atoms with E-state index in [1.807, 2.05) is 22.9 Å². The molecule has 0 aliphatic heterocycles. The molecular formula is C13H15ClN2O2. The Hall–Kier alpha value is -1.52. The van der Waals surface area contributed by atoms with Gasteiger partial charge in [-0.25, -0.2) is 0 Å². The maximum absolute atomic E-state index is 11.3. The summed E-state index contributed by atoms with van der Waals surface area (Å²) in [6, 6.07) is 5.53. The minimum atomic E-state index is -0.0227. The van der Waals surface area contributed by atoms with Gasteiger partial charge in [0.2, 0.25) is 5.91 Å². The van der Waals surface area contributed by atoms with Crippen molar-refractivity contribution in [2.24, 2.45) is 0 Å². The summed E-state index contributed by atoms with van der Waals surface area (Å²) in [5, 5.41) is 13.5. The number of aliphatic hydroxyl groups is 1. The SMILES string of the molecule is CNC(=O)CCn1cc(CO)c2ccc(Cl)cc21. The van der Waals surface area contributed by atoms with Gasteiger partial charge in [-0.3, -0.25) is 4.79 Å². The molecule has 18 heavy (non-hydrogen) atoms. The summed E-state index contributed by atoms with van der Waals surface area (Å²) in [4.78, 5) is 11.3. The number of amides is 1. The lowest BCUT2D eigenvalue weighted by Crippen LogP contribution is -2.19. The van der Waals surface area contributed by atoms with Crippen LogP contribution in [-0.4, -0.2) is 22.6 Å². The van der Waals surface area contributed by atoms with Crippen LogP contribution in [0.5, 0.6) is 0 Å². The van der Waals surface area contributed by atoms with Crippen molar-refractivity contribution in [1.29, 1.82) is 0 Å². The second kappa shape index (κ2) is 5.42. The number of carbonyl (C=O) groups is 1. The van der Waals surface area contributed by atoms with Crippen molar-refractivity contribution < 1.29 is 9.90 Å². The van der Waals surface area contributed by atoms with E-state index < -0.39 is 0 Å². The highest BCUT2D eigenvalue weighted by molar-refractivity contribution is 6.31. The van der Waals surface area contributed by atoms with Gasteiger partial charge >= 0.3 is 0 Å². The molecular weight excluding hydrogens is 252 g/mol. The second-order valence-electron chi connectivity index (χ2n) is 4.09. The minimum absolute atomic E-state index is 0.00979. The average molecular weight is 267 g/mol. The zero-order valence-corrected chi connectivity index (χ0v) is 10.9. The summed E-state index contributed by atoms with van der Waals surface area (Å²) in [6.45, 7) is 0.543. The summed E-state index contributed by atoms with van der Waals surface area (Å²) >= 11 is 5.98. The maximum atomic E-state index is 11.3. The lowest BCUT2D eigenvalue weighted by atomic mass is 10.2. The standard InChI is InChI=1S/C13H15ClN2O2/c1-15-13(18)4-5-16-7-9(8-17)11-3-2-10(14)6-12(11)16/h2-3,6-7,17H,4-5,8H2,1H3,(H,15,18). The molecule has 0 saturated carbocycles. The third-order valence-electron chi connectivity index (χ3n) is 2.96. The van der Waals surface area contributed by atoms with Crippen LogP contribution >= 0.6 is 11.6 Å². The van der Waals surface area contributed by atoms with E-state index in [4.69, 9.17) is 11.6 Å². The smallest absolute Gasteiger partial charge is 0.221 e. The summed E-state index contributed by atoms with van der Waals surface area (Å²) in [5.41, 5.74) is 1.79. The lowest BCUT2D eigenvalue weighted by Gasteiger charge is -2.04. The van der Waals surface area contributed by atoms with Crippen LogP contribution in [0.3, 0.4) is 0 Å². The van der Waals surface area contributed by atoms with Crippen LogP contribution in [0.1, 0.15) is 12.0 Å².